The van der Waals surface area contributed by atoms with Crippen molar-refractivity contribution in [1.82, 2.24) is 4.98 Å². The van der Waals surface area contributed by atoms with E-state index in [0.717, 1.165) is 18.1 Å². The van der Waals surface area contributed by atoms with Gasteiger partial charge in [-0.25, -0.2) is 4.98 Å². The van der Waals surface area contributed by atoms with Gasteiger partial charge in [-0.3, -0.25) is 0 Å². The Labute approximate surface area is 94.0 Å². The van der Waals surface area contributed by atoms with E-state index in [1.165, 1.54) is 10.4 Å². The molecule has 0 saturated heterocycles. The van der Waals surface area contributed by atoms with Crippen molar-refractivity contribution >= 4 is 11.3 Å². The van der Waals surface area contributed by atoms with Crippen molar-refractivity contribution in [3.05, 3.63) is 41.4 Å². The molecule has 1 aromatic heterocycles. The summed E-state index contributed by atoms with van der Waals surface area (Å²) >= 11 is 1.78. The summed E-state index contributed by atoms with van der Waals surface area (Å²) in [7, 11) is 0. The van der Waals surface area contributed by atoms with Gasteiger partial charge in [-0.1, -0.05) is 30.3 Å². The first-order chi connectivity index (χ1) is 7.40. The molecule has 0 aliphatic carbocycles. The number of thiazole rings is 1. The molecular formula is C12H15N2S+. The summed E-state index contributed by atoms with van der Waals surface area (Å²) in [5.41, 5.74) is 1.21. The van der Waals surface area contributed by atoms with Gasteiger partial charge in [0.15, 0.2) is 0 Å². The van der Waals surface area contributed by atoms with Crippen LogP contribution in [0.3, 0.4) is 0 Å². The molecule has 0 aliphatic heterocycles. The molecule has 15 heavy (non-hydrogen) atoms. The molecule has 0 atom stereocenters. The second-order valence-corrected chi connectivity index (χ2v) is 4.51. The van der Waals surface area contributed by atoms with E-state index in [0.29, 0.717) is 0 Å². The van der Waals surface area contributed by atoms with Crippen molar-refractivity contribution in [2.75, 3.05) is 6.54 Å². The Kier molecular flexibility index (Phi) is 3.48. The highest BCUT2D eigenvalue weighted by Crippen LogP contribution is 2.23. The molecule has 78 valence electrons. The maximum Gasteiger partial charge on any atom is 0.123 e. The van der Waals surface area contributed by atoms with E-state index in [1.54, 1.807) is 11.3 Å². The zero-order valence-corrected chi connectivity index (χ0v) is 9.63. The molecule has 3 heteroatoms. The molecule has 0 bridgehead atoms. The highest BCUT2D eigenvalue weighted by Gasteiger charge is 2.04. The van der Waals surface area contributed by atoms with Gasteiger partial charge in [-0.05, 0) is 6.92 Å². The molecule has 0 unspecified atom stereocenters. The topological polar surface area (TPSA) is 29.5 Å². The molecule has 0 spiro atoms. The van der Waals surface area contributed by atoms with Crippen LogP contribution in [0.2, 0.25) is 0 Å². The molecule has 2 N–H and O–H groups in total. The third-order valence-electron chi connectivity index (χ3n) is 2.21. The highest BCUT2D eigenvalue weighted by atomic mass is 32.1. The fourth-order valence-corrected chi connectivity index (χ4v) is 2.32. The Morgan fingerprint density at radius 1 is 1.27 bits per heavy atom. The lowest BCUT2D eigenvalue weighted by molar-refractivity contribution is -0.667. The van der Waals surface area contributed by atoms with Crippen molar-refractivity contribution in [3.8, 4) is 10.6 Å². The molecule has 0 radical (unpaired) electrons. The fraction of sp³-hybridized carbons (Fsp3) is 0.250. The molecule has 0 aliphatic rings. The molecule has 0 saturated carbocycles. The number of hydrogen-bond acceptors (Lipinski definition) is 2. The van der Waals surface area contributed by atoms with Crippen LogP contribution in [0, 0.1) is 0 Å². The van der Waals surface area contributed by atoms with Crippen LogP contribution in [0.25, 0.3) is 10.6 Å². The average Bonchev–Trinajstić information content (AvgIpc) is 2.76. The maximum absolute atomic E-state index is 4.44. The summed E-state index contributed by atoms with van der Waals surface area (Å²) in [5.74, 6) is 0. The van der Waals surface area contributed by atoms with Crippen LogP contribution in [-0.4, -0.2) is 11.5 Å². The zero-order chi connectivity index (χ0) is 10.5. The van der Waals surface area contributed by atoms with Crippen LogP contribution in [0.5, 0.6) is 0 Å². The van der Waals surface area contributed by atoms with Gasteiger partial charge in [0.25, 0.3) is 0 Å². The monoisotopic (exact) mass is 219 g/mol. The molecule has 1 heterocycles. The van der Waals surface area contributed by atoms with Gasteiger partial charge in [-0.2, -0.15) is 0 Å². The third-order valence-corrected chi connectivity index (χ3v) is 3.28. The molecule has 0 amide bonds. The van der Waals surface area contributed by atoms with Gasteiger partial charge in [0, 0.05) is 11.8 Å². The van der Waals surface area contributed by atoms with Crippen molar-refractivity contribution in [2.24, 2.45) is 0 Å². The van der Waals surface area contributed by atoms with Crippen LogP contribution in [0.15, 0.2) is 36.5 Å². The average molecular weight is 219 g/mol. The van der Waals surface area contributed by atoms with Gasteiger partial charge in [0.05, 0.1) is 11.4 Å². The lowest BCUT2D eigenvalue weighted by Gasteiger charge is -1.94. The van der Waals surface area contributed by atoms with E-state index in [-0.39, 0.29) is 0 Å². The Hall–Kier alpha value is -1.19. The molecular weight excluding hydrogens is 204 g/mol. The number of rotatable bonds is 4. The van der Waals surface area contributed by atoms with Crippen molar-refractivity contribution in [1.29, 1.82) is 0 Å². The van der Waals surface area contributed by atoms with Gasteiger partial charge < -0.3 is 5.32 Å². The highest BCUT2D eigenvalue weighted by molar-refractivity contribution is 7.15. The van der Waals surface area contributed by atoms with Crippen molar-refractivity contribution in [3.63, 3.8) is 0 Å². The largest absolute Gasteiger partial charge is 0.342 e. The lowest BCUT2D eigenvalue weighted by atomic mass is 10.2. The predicted molar refractivity (Wildman–Crippen MR) is 63.7 cm³/mol. The standard InChI is InChI=1S/C12H14N2S/c1-2-13-8-11-9-14-12(15-11)10-6-4-3-5-7-10/h3-7,9,13H,2,8H2,1H3/p+1. The minimum Gasteiger partial charge on any atom is -0.342 e. The smallest absolute Gasteiger partial charge is 0.123 e. The van der Waals surface area contributed by atoms with E-state index in [1.807, 2.05) is 12.3 Å². The second kappa shape index (κ2) is 5.05. The van der Waals surface area contributed by atoms with E-state index >= 15 is 0 Å². The summed E-state index contributed by atoms with van der Waals surface area (Å²) in [6.07, 6.45) is 1.99. The first-order valence-electron chi connectivity index (χ1n) is 5.22. The normalized spacial score (nSPS) is 10.5. The number of hydrogen-bond donors (Lipinski definition) is 1. The molecule has 2 rings (SSSR count). The van der Waals surface area contributed by atoms with Crippen LogP contribution in [0.4, 0.5) is 0 Å². The summed E-state index contributed by atoms with van der Waals surface area (Å²) in [4.78, 5) is 5.78. The first-order valence-corrected chi connectivity index (χ1v) is 6.03. The summed E-state index contributed by atoms with van der Waals surface area (Å²) < 4.78 is 0. The van der Waals surface area contributed by atoms with Crippen molar-refractivity contribution < 1.29 is 5.32 Å². The number of nitrogens with zero attached hydrogens (tertiary/aromatic N) is 1. The van der Waals surface area contributed by atoms with Crippen LogP contribution in [-0.2, 0) is 6.54 Å². The second-order valence-electron chi connectivity index (χ2n) is 3.40. The number of nitrogens with two attached hydrogens (primary N) is 1. The lowest BCUT2D eigenvalue weighted by Crippen LogP contribution is -2.81. The van der Waals surface area contributed by atoms with Crippen molar-refractivity contribution in [2.45, 2.75) is 13.5 Å². The van der Waals surface area contributed by atoms with Crippen LogP contribution >= 0.6 is 11.3 Å². The quantitative estimate of drug-likeness (QED) is 0.836. The molecule has 2 nitrogen and oxygen atoms in total. The number of aromatic nitrogens is 1. The van der Waals surface area contributed by atoms with E-state index in [2.05, 4.69) is 41.5 Å². The van der Waals surface area contributed by atoms with Crippen LogP contribution in [0.1, 0.15) is 11.8 Å². The fourth-order valence-electron chi connectivity index (χ4n) is 1.40. The Morgan fingerprint density at radius 2 is 2.07 bits per heavy atom. The summed E-state index contributed by atoms with van der Waals surface area (Å²) in [5, 5.41) is 3.40. The summed E-state index contributed by atoms with van der Waals surface area (Å²) in [6.45, 7) is 4.33. The Balaban J connectivity index is 2.14. The van der Waals surface area contributed by atoms with E-state index in [4.69, 9.17) is 0 Å². The zero-order valence-electron chi connectivity index (χ0n) is 8.81. The van der Waals surface area contributed by atoms with E-state index < -0.39 is 0 Å². The third kappa shape index (κ3) is 2.64. The first kappa shape index (κ1) is 10.3. The molecule has 2 aromatic rings. The maximum atomic E-state index is 4.44. The van der Waals surface area contributed by atoms with Gasteiger partial charge in [-0.15, -0.1) is 11.3 Å². The number of quaternary nitrogens is 1. The SMILES string of the molecule is CC[NH2+]Cc1cnc(-c2ccccc2)s1. The van der Waals surface area contributed by atoms with E-state index in [9.17, 15) is 0 Å². The predicted octanol–water partition coefficient (Wildman–Crippen LogP) is 1.89. The summed E-state index contributed by atoms with van der Waals surface area (Å²) in [6, 6.07) is 10.3. The minimum atomic E-state index is 1.04. The van der Waals surface area contributed by atoms with Crippen LogP contribution < -0.4 is 5.32 Å². The Bertz CT molecular complexity index is 409. The molecule has 0 fully saturated rings. The van der Waals surface area contributed by atoms with Gasteiger partial charge in [0.1, 0.15) is 11.6 Å². The van der Waals surface area contributed by atoms with Gasteiger partial charge >= 0.3 is 0 Å². The Morgan fingerprint density at radius 3 is 2.80 bits per heavy atom. The molecule has 1 aromatic carbocycles. The minimum absolute atomic E-state index is 1.04. The number of benzene rings is 1. The van der Waals surface area contributed by atoms with Gasteiger partial charge in [0.2, 0.25) is 0 Å².